The van der Waals surface area contributed by atoms with E-state index in [1.165, 1.54) is 37.8 Å². The molecule has 0 amide bonds. The molecule has 0 spiro atoms. The third-order valence-electron chi connectivity index (χ3n) is 4.59. The molecule has 1 heterocycles. The molecule has 0 fully saturated rings. The first-order valence-electron chi connectivity index (χ1n) is 10.1. The van der Waals surface area contributed by atoms with Crippen molar-refractivity contribution in [2.24, 2.45) is 4.99 Å². The Kier molecular flexibility index (Phi) is 9.30. The molecule has 3 aromatic carbocycles. The van der Waals surface area contributed by atoms with E-state index in [-0.39, 0.29) is 29.4 Å². The van der Waals surface area contributed by atoms with Crippen molar-refractivity contribution < 1.29 is 15.3 Å². The van der Waals surface area contributed by atoms with Crippen LogP contribution in [-0.2, 0) is 6.61 Å². The number of aliphatic hydroxyl groups excluding tert-OH is 1. The van der Waals surface area contributed by atoms with Gasteiger partial charge in [-0.25, -0.2) is 0 Å². The van der Waals surface area contributed by atoms with E-state index in [0.29, 0.717) is 16.3 Å². The molecule has 4 rings (SSSR count). The number of aryl methyl sites for hydroxylation is 1. The van der Waals surface area contributed by atoms with Crippen LogP contribution in [0.3, 0.4) is 0 Å². The Labute approximate surface area is 208 Å². The molecule has 0 atom stereocenters. The van der Waals surface area contributed by atoms with Crippen molar-refractivity contribution in [1.29, 1.82) is 0 Å². The molecule has 7 heteroatoms. The van der Waals surface area contributed by atoms with Crippen molar-refractivity contribution in [3.05, 3.63) is 107 Å². The number of hydrogen-bond acceptors (Lipinski definition) is 5. The zero-order valence-electron chi connectivity index (χ0n) is 17.9. The predicted molar refractivity (Wildman–Crippen MR) is 130 cm³/mol. The SMILES string of the molecule is Cc1ncc(CO)c(C=Nc2cc(Cl)ccc2[O-])c1[O-].c1cc[c]([Sn+2][c]2ccccc2)cc1. The predicted octanol–water partition coefficient (Wildman–Crippen LogP) is 2.78. The van der Waals surface area contributed by atoms with Gasteiger partial charge < -0.3 is 15.3 Å². The Bertz CT molecular complexity index is 1180. The normalized spacial score (nSPS) is 10.4. The first kappa shape index (κ1) is 24.8. The van der Waals surface area contributed by atoms with Gasteiger partial charge in [-0.3, -0.25) is 9.98 Å². The zero-order valence-corrected chi connectivity index (χ0v) is 21.5. The van der Waals surface area contributed by atoms with Crippen LogP contribution in [0.2, 0.25) is 5.02 Å². The van der Waals surface area contributed by atoms with Crippen LogP contribution in [0.15, 0.2) is 90.1 Å². The van der Waals surface area contributed by atoms with E-state index in [2.05, 4.69) is 70.6 Å². The monoisotopic (exact) mass is 564 g/mol. The fourth-order valence-corrected chi connectivity index (χ4v) is 6.01. The molecule has 33 heavy (non-hydrogen) atoms. The average molecular weight is 564 g/mol. The van der Waals surface area contributed by atoms with Crippen LogP contribution < -0.4 is 17.4 Å². The maximum absolute atomic E-state index is 12.0. The summed E-state index contributed by atoms with van der Waals surface area (Å²) < 4.78 is 3.08. The minimum absolute atomic E-state index is 0.134. The van der Waals surface area contributed by atoms with Crippen molar-refractivity contribution >= 4 is 51.8 Å². The van der Waals surface area contributed by atoms with Gasteiger partial charge in [0.2, 0.25) is 0 Å². The molecule has 5 nitrogen and oxygen atoms in total. The van der Waals surface area contributed by atoms with Crippen LogP contribution >= 0.6 is 11.6 Å². The standard InChI is InChI=1S/C14H13ClN2O3.2C6H5.Sn/c1-8-14(20)11(9(7-18)5-16-8)6-17-12-4-10(15)2-3-13(12)19;2*1-2-4-6-5-3-1;/h2-6,18-20H,7H2,1H3;2*1-5H;/q;;;+2/p-2. The van der Waals surface area contributed by atoms with Gasteiger partial charge in [-0.1, -0.05) is 29.2 Å². The van der Waals surface area contributed by atoms with Gasteiger partial charge in [-0.15, -0.1) is 0 Å². The summed E-state index contributed by atoms with van der Waals surface area (Å²) in [7, 11) is 0. The molecule has 1 aromatic heterocycles. The van der Waals surface area contributed by atoms with Crippen molar-refractivity contribution in [2.75, 3.05) is 0 Å². The molecule has 0 bridgehead atoms. The van der Waals surface area contributed by atoms with E-state index in [1.807, 2.05) is 0 Å². The molecule has 0 aliphatic carbocycles. The number of aromatic nitrogens is 1. The van der Waals surface area contributed by atoms with Crippen LogP contribution in [0.25, 0.3) is 0 Å². The number of benzene rings is 3. The van der Waals surface area contributed by atoms with Gasteiger partial charge in [0.15, 0.2) is 0 Å². The Balaban J connectivity index is 0.000000203. The number of pyridine rings is 1. The van der Waals surface area contributed by atoms with Crippen LogP contribution in [0, 0.1) is 6.92 Å². The second-order valence-electron chi connectivity index (χ2n) is 7.00. The summed E-state index contributed by atoms with van der Waals surface area (Å²) in [5.74, 6) is -0.621. The molecule has 0 unspecified atom stereocenters. The second-order valence-corrected chi connectivity index (χ2v) is 11.4. The fraction of sp³-hybridized carbons (Fsp3) is 0.0769. The van der Waals surface area contributed by atoms with Crippen LogP contribution in [0.4, 0.5) is 5.69 Å². The molecule has 0 saturated heterocycles. The molecule has 0 aliphatic heterocycles. The van der Waals surface area contributed by atoms with E-state index >= 15 is 0 Å². The Morgan fingerprint density at radius 3 is 2.15 bits per heavy atom. The molecular formula is C26H21ClN2O3Sn. The van der Waals surface area contributed by atoms with Crippen LogP contribution in [0.1, 0.15) is 16.8 Å². The number of halogens is 1. The van der Waals surface area contributed by atoms with Crippen molar-refractivity contribution in [2.45, 2.75) is 13.5 Å². The number of aliphatic imine (C=N–C) groups is 1. The number of nitrogens with zero attached hydrogens (tertiary/aromatic N) is 2. The summed E-state index contributed by atoms with van der Waals surface area (Å²) in [6, 6.07) is 25.8. The Morgan fingerprint density at radius 1 is 0.970 bits per heavy atom. The molecular weight excluding hydrogens is 542 g/mol. The number of hydrogen-bond donors (Lipinski definition) is 1. The maximum atomic E-state index is 12.0. The molecule has 1 N–H and O–H groups in total. The first-order chi connectivity index (χ1) is 16.0. The van der Waals surface area contributed by atoms with E-state index < -0.39 is 21.1 Å². The third kappa shape index (κ3) is 7.32. The van der Waals surface area contributed by atoms with E-state index in [9.17, 15) is 15.3 Å². The first-order valence-corrected chi connectivity index (χ1v) is 13.3. The minimum atomic E-state index is -0.517. The van der Waals surface area contributed by atoms with Gasteiger partial charge in [0, 0.05) is 28.7 Å². The van der Waals surface area contributed by atoms with Crippen molar-refractivity contribution in [3.63, 3.8) is 0 Å². The summed E-state index contributed by atoms with van der Waals surface area (Å²) in [5, 5.41) is 33.1. The topological polar surface area (TPSA) is 91.6 Å². The average Bonchev–Trinajstić information content (AvgIpc) is 2.84. The molecule has 0 aliphatic rings. The van der Waals surface area contributed by atoms with Gasteiger partial charge in [0.05, 0.1) is 12.3 Å². The van der Waals surface area contributed by atoms with Gasteiger partial charge >= 0.3 is 89.0 Å². The van der Waals surface area contributed by atoms with Gasteiger partial charge in [-0.05, 0) is 24.6 Å². The third-order valence-corrected chi connectivity index (χ3v) is 8.38. The molecule has 0 radical (unpaired) electrons. The summed E-state index contributed by atoms with van der Waals surface area (Å²) in [4.78, 5) is 7.87. The fourth-order valence-electron chi connectivity index (χ4n) is 2.85. The summed E-state index contributed by atoms with van der Waals surface area (Å²) >= 11 is 5.27. The van der Waals surface area contributed by atoms with Crippen LogP contribution in [0.5, 0.6) is 11.5 Å². The van der Waals surface area contributed by atoms with Gasteiger partial charge in [-0.2, -0.15) is 0 Å². The van der Waals surface area contributed by atoms with E-state index in [0.717, 1.165) is 0 Å². The van der Waals surface area contributed by atoms with Crippen LogP contribution in [-0.4, -0.2) is 37.4 Å². The summed E-state index contributed by atoms with van der Waals surface area (Å²) in [5.41, 5.74) is 1.02. The molecule has 4 aromatic rings. The number of aliphatic hydroxyl groups is 1. The van der Waals surface area contributed by atoms with Crippen molar-refractivity contribution in [1.82, 2.24) is 4.98 Å². The van der Waals surface area contributed by atoms with Crippen molar-refractivity contribution in [3.8, 4) is 11.5 Å². The van der Waals surface area contributed by atoms with E-state index in [4.69, 9.17) is 11.6 Å². The summed E-state index contributed by atoms with van der Waals surface area (Å²) in [6.45, 7) is 1.24. The Hall–Kier alpha value is -2.87. The number of rotatable bonds is 5. The quantitative estimate of drug-likeness (QED) is 0.299. The molecule has 0 saturated carbocycles. The van der Waals surface area contributed by atoms with Gasteiger partial charge in [0.25, 0.3) is 0 Å². The van der Waals surface area contributed by atoms with E-state index in [1.54, 1.807) is 6.92 Å². The van der Waals surface area contributed by atoms with Gasteiger partial charge in [0.1, 0.15) is 0 Å². The second kappa shape index (κ2) is 12.4. The molecule has 164 valence electrons. The summed E-state index contributed by atoms with van der Waals surface area (Å²) in [6.07, 6.45) is 2.67. The Morgan fingerprint density at radius 2 is 1.58 bits per heavy atom. The zero-order chi connectivity index (χ0) is 23.6.